The van der Waals surface area contributed by atoms with Gasteiger partial charge in [-0.2, -0.15) is 0 Å². The van der Waals surface area contributed by atoms with Crippen molar-refractivity contribution < 1.29 is 14.6 Å². The van der Waals surface area contributed by atoms with E-state index in [1.807, 2.05) is 42.7 Å². The van der Waals surface area contributed by atoms with Crippen LogP contribution in [0.2, 0.25) is 0 Å². The number of ether oxygens (including phenoxy) is 1. The first-order chi connectivity index (χ1) is 12.2. The average Bonchev–Trinajstić information content (AvgIpc) is 2.66. The second kappa shape index (κ2) is 8.37. The van der Waals surface area contributed by atoms with Crippen molar-refractivity contribution in [3.63, 3.8) is 0 Å². The molecule has 1 aliphatic rings. The minimum Gasteiger partial charge on any atom is -0.494 e. The molecule has 25 heavy (non-hydrogen) atoms. The Balaban J connectivity index is 1.53. The molecule has 1 aromatic carbocycles. The number of benzene rings is 1. The summed E-state index contributed by atoms with van der Waals surface area (Å²) >= 11 is 0. The highest BCUT2D eigenvalue weighted by Gasteiger charge is 2.17. The third-order valence-corrected chi connectivity index (χ3v) is 4.29. The number of rotatable bonds is 7. The SMILES string of the molecule is O=C(O)CCCOc1cccc(N2CCN(c3ccncc3)CC2)c1. The van der Waals surface area contributed by atoms with E-state index in [2.05, 4.69) is 20.9 Å². The molecule has 0 saturated carbocycles. The van der Waals surface area contributed by atoms with E-state index in [1.165, 1.54) is 5.69 Å². The maximum absolute atomic E-state index is 10.5. The largest absolute Gasteiger partial charge is 0.494 e. The Morgan fingerprint density at radius 2 is 1.72 bits per heavy atom. The lowest BCUT2D eigenvalue weighted by molar-refractivity contribution is -0.137. The highest BCUT2D eigenvalue weighted by atomic mass is 16.5. The standard InChI is InChI=1S/C19H23N3O3/c23-19(24)5-2-14-25-18-4-1-3-17(15-18)22-12-10-21(11-13-22)16-6-8-20-9-7-16/h1,3-4,6-9,15H,2,5,10-14H2,(H,23,24). The summed E-state index contributed by atoms with van der Waals surface area (Å²) in [5.41, 5.74) is 2.36. The first kappa shape index (κ1) is 17.1. The van der Waals surface area contributed by atoms with Crippen molar-refractivity contribution in [3.8, 4) is 5.75 Å². The summed E-state index contributed by atoms with van der Waals surface area (Å²) < 4.78 is 5.67. The molecule has 1 aromatic heterocycles. The van der Waals surface area contributed by atoms with Crippen LogP contribution in [0.15, 0.2) is 48.8 Å². The molecule has 0 spiro atoms. The van der Waals surface area contributed by atoms with Crippen LogP contribution in [0.3, 0.4) is 0 Å². The Kier molecular flexibility index (Phi) is 5.72. The zero-order chi connectivity index (χ0) is 17.5. The molecule has 2 aromatic rings. The average molecular weight is 341 g/mol. The fraction of sp³-hybridized carbons (Fsp3) is 0.368. The smallest absolute Gasteiger partial charge is 0.303 e. The minimum absolute atomic E-state index is 0.136. The van der Waals surface area contributed by atoms with E-state index in [-0.39, 0.29) is 6.42 Å². The molecule has 6 heteroatoms. The van der Waals surface area contributed by atoms with Gasteiger partial charge >= 0.3 is 5.97 Å². The second-order valence-electron chi connectivity index (χ2n) is 6.02. The third kappa shape index (κ3) is 4.86. The molecule has 0 amide bonds. The summed E-state index contributed by atoms with van der Waals surface area (Å²) in [6, 6.07) is 12.1. The summed E-state index contributed by atoms with van der Waals surface area (Å²) in [4.78, 5) is 19.3. The van der Waals surface area contributed by atoms with Crippen molar-refractivity contribution in [2.75, 3.05) is 42.6 Å². The number of pyridine rings is 1. The van der Waals surface area contributed by atoms with Gasteiger partial charge in [-0.15, -0.1) is 0 Å². The summed E-state index contributed by atoms with van der Waals surface area (Å²) in [6.45, 7) is 4.25. The number of piperazine rings is 1. The van der Waals surface area contributed by atoms with Crippen molar-refractivity contribution in [2.24, 2.45) is 0 Å². The number of hydrogen-bond donors (Lipinski definition) is 1. The molecule has 1 fully saturated rings. The normalized spacial score (nSPS) is 14.4. The van der Waals surface area contributed by atoms with E-state index in [0.29, 0.717) is 13.0 Å². The van der Waals surface area contributed by atoms with E-state index in [9.17, 15) is 4.79 Å². The lowest BCUT2D eigenvalue weighted by atomic mass is 10.2. The van der Waals surface area contributed by atoms with E-state index in [4.69, 9.17) is 9.84 Å². The van der Waals surface area contributed by atoms with Crippen LogP contribution < -0.4 is 14.5 Å². The molecule has 1 saturated heterocycles. The number of aliphatic carboxylic acids is 1. The molecule has 6 nitrogen and oxygen atoms in total. The number of anilines is 2. The Bertz CT molecular complexity index is 685. The predicted octanol–water partition coefficient (Wildman–Crippen LogP) is 2.65. The molecule has 0 aliphatic carbocycles. The van der Waals surface area contributed by atoms with E-state index in [1.54, 1.807) is 0 Å². The molecule has 0 radical (unpaired) electrons. The third-order valence-electron chi connectivity index (χ3n) is 4.29. The van der Waals surface area contributed by atoms with Crippen LogP contribution in [0.5, 0.6) is 5.75 Å². The predicted molar refractivity (Wildman–Crippen MR) is 97.5 cm³/mol. The molecular weight excluding hydrogens is 318 g/mol. The maximum Gasteiger partial charge on any atom is 0.303 e. The van der Waals surface area contributed by atoms with Gasteiger partial charge in [0.2, 0.25) is 0 Å². The Labute approximate surface area is 147 Å². The molecule has 2 heterocycles. The van der Waals surface area contributed by atoms with Gasteiger partial charge in [0.05, 0.1) is 6.61 Å². The minimum atomic E-state index is -0.788. The van der Waals surface area contributed by atoms with Gasteiger partial charge in [-0.3, -0.25) is 9.78 Å². The monoisotopic (exact) mass is 341 g/mol. The molecule has 0 unspecified atom stereocenters. The maximum atomic E-state index is 10.5. The molecule has 1 aliphatic heterocycles. The van der Waals surface area contributed by atoms with Gasteiger partial charge in [-0.25, -0.2) is 0 Å². The molecule has 0 atom stereocenters. The van der Waals surface area contributed by atoms with Crippen LogP contribution in [0.4, 0.5) is 11.4 Å². The molecule has 1 N–H and O–H groups in total. The van der Waals surface area contributed by atoms with Gasteiger partial charge in [0.25, 0.3) is 0 Å². The van der Waals surface area contributed by atoms with E-state index < -0.39 is 5.97 Å². The van der Waals surface area contributed by atoms with Crippen LogP contribution in [-0.2, 0) is 4.79 Å². The van der Waals surface area contributed by atoms with Crippen LogP contribution in [-0.4, -0.2) is 48.8 Å². The van der Waals surface area contributed by atoms with Crippen molar-refractivity contribution in [2.45, 2.75) is 12.8 Å². The lowest BCUT2D eigenvalue weighted by Crippen LogP contribution is -2.46. The highest BCUT2D eigenvalue weighted by molar-refractivity contribution is 5.66. The summed E-state index contributed by atoms with van der Waals surface area (Å²) in [5, 5.41) is 8.66. The van der Waals surface area contributed by atoms with Crippen LogP contribution in [0.1, 0.15) is 12.8 Å². The molecular formula is C19H23N3O3. The van der Waals surface area contributed by atoms with Gasteiger partial charge in [-0.1, -0.05) is 6.07 Å². The second-order valence-corrected chi connectivity index (χ2v) is 6.02. The van der Waals surface area contributed by atoms with Crippen molar-refractivity contribution in [3.05, 3.63) is 48.8 Å². The lowest BCUT2D eigenvalue weighted by Gasteiger charge is -2.37. The van der Waals surface area contributed by atoms with Gasteiger partial charge in [0.15, 0.2) is 0 Å². The summed E-state index contributed by atoms with van der Waals surface area (Å²) in [6.07, 6.45) is 4.31. The van der Waals surface area contributed by atoms with Gasteiger partial charge in [0.1, 0.15) is 5.75 Å². The van der Waals surface area contributed by atoms with Gasteiger partial charge < -0.3 is 19.6 Å². The van der Waals surface area contributed by atoms with Crippen molar-refractivity contribution in [1.82, 2.24) is 4.98 Å². The zero-order valence-corrected chi connectivity index (χ0v) is 14.2. The van der Waals surface area contributed by atoms with Crippen molar-refractivity contribution in [1.29, 1.82) is 0 Å². The number of carboxylic acid groups (broad SMARTS) is 1. The quantitative estimate of drug-likeness (QED) is 0.781. The fourth-order valence-electron chi connectivity index (χ4n) is 2.96. The summed E-state index contributed by atoms with van der Waals surface area (Å²) in [7, 11) is 0. The Morgan fingerprint density at radius 1 is 1.04 bits per heavy atom. The highest BCUT2D eigenvalue weighted by Crippen LogP contribution is 2.24. The Morgan fingerprint density at radius 3 is 2.40 bits per heavy atom. The Hall–Kier alpha value is -2.76. The van der Waals surface area contributed by atoms with Crippen molar-refractivity contribution >= 4 is 17.3 Å². The van der Waals surface area contributed by atoms with Crippen LogP contribution in [0.25, 0.3) is 0 Å². The molecule has 3 rings (SSSR count). The number of carboxylic acids is 1. The topological polar surface area (TPSA) is 65.9 Å². The zero-order valence-electron chi connectivity index (χ0n) is 14.2. The number of carbonyl (C=O) groups is 1. The summed E-state index contributed by atoms with van der Waals surface area (Å²) in [5.74, 6) is 0.00358. The fourth-order valence-corrected chi connectivity index (χ4v) is 2.96. The number of nitrogens with zero attached hydrogens (tertiary/aromatic N) is 3. The van der Waals surface area contributed by atoms with Gasteiger partial charge in [0, 0.05) is 62.4 Å². The number of hydrogen-bond acceptors (Lipinski definition) is 5. The van der Waals surface area contributed by atoms with E-state index >= 15 is 0 Å². The molecule has 132 valence electrons. The molecule has 0 bridgehead atoms. The van der Waals surface area contributed by atoms with Crippen LogP contribution >= 0.6 is 0 Å². The number of aromatic nitrogens is 1. The first-order valence-electron chi connectivity index (χ1n) is 8.57. The van der Waals surface area contributed by atoms with Gasteiger partial charge in [-0.05, 0) is 30.7 Å². The van der Waals surface area contributed by atoms with Crippen LogP contribution in [0, 0.1) is 0 Å². The first-order valence-corrected chi connectivity index (χ1v) is 8.57. The van der Waals surface area contributed by atoms with E-state index in [0.717, 1.165) is 37.6 Å².